The van der Waals surface area contributed by atoms with E-state index < -0.39 is 0 Å². The fraction of sp³-hybridized carbons (Fsp3) is 0.0698. The van der Waals surface area contributed by atoms with Crippen molar-refractivity contribution in [2.75, 3.05) is 5.32 Å². The van der Waals surface area contributed by atoms with Gasteiger partial charge in [-0.3, -0.25) is 0 Å². The van der Waals surface area contributed by atoms with Crippen LogP contribution in [0, 0.1) is 0 Å². The van der Waals surface area contributed by atoms with Gasteiger partial charge < -0.3 is 9.73 Å². The van der Waals surface area contributed by atoms with Crippen LogP contribution in [-0.4, -0.2) is 0 Å². The van der Waals surface area contributed by atoms with E-state index in [4.69, 9.17) is 4.42 Å². The zero-order valence-electron chi connectivity index (χ0n) is 25.3. The molecule has 0 spiro atoms. The minimum Gasteiger partial charge on any atom is -0.455 e. The standard InChI is InChI=1S/C43H31NO/c1-43(2)39-16-6-5-11-35(39)36-14-7-12-32(40(36)43)28-17-22-30(23-18-28)44-31-24-19-29(20-25-31)34-13-8-15-37-38-26-21-27-9-3-4-10-33(27)42(38)45-41(34)37/h3-26,44H,1-2H3. The third-order valence-electron chi connectivity index (χ3n) is 9.65. The molecule has 9 rings (SSSR count). The minimum atomic E-state index is -0.0400. The normalized spacial score (nSPS) is 13.3. The molecule has 0 radical (unpaired) electrons. The van der Waals surface area contributed by atoms with Crippen molar-refractivity contribution < 1.29 is 4.42 Å². The molecular formula is C43H31NO. The van der Waals surface area contributed by atoms with Gasteiger partial charge in [-0.25, -0.2) is 0 Å². The first-order valence-corrected chi connectivity index (χ1v) is 15.6. The average Bonchev–Trinajstić information content (AvgIpc) is 3.59. The lowest BCUT2D eigenvalue weighted by Crippen LogP contribution is -2.16. The predicted octanol–water partition coefficient (Wildman–Crippen LogP) is 12.1. The summed E-state index contributed by atoms with van der Waals surface area (Å²) in [5.74, 6) is 0. The van der Waals surface area contributed by atoms with Crippen molar-refractivity contribution in [3.63, 3.8) is 0 Å². The van der Waals surface area contributed by atoms with Crippen molar-refractivity contribution in [1.82, 2.24) is 0 Å². The summed E-state index contributed by atoms with van der Waals surface area (Å²) in [7, 11) is 0. The maximum absolute atomic E-state index is 6.57. The number of para-hydroxylation sites is 1. The molecule has 2 nitrogen and oxygen atoms in total. The number of anilines is 2. The molecule has 214 valence electrons. The average molecular weight is 578 g/mol. The van der Waals surface area contributed by atoms with E-state index in [1.54, 1.807) is 0 Å². The first kappa shape index (κ1) is 25.9. The maximum Gasteiger partial charge on any atom is 0.143 e. The summed E-state index contributed by atoms with van der Waals surface area (Å²) < 4.78 is 6.57. The molecule has 0 saturated heterocycles. The van der Waals surface area contributed by atoms with Crippen molar-refractivity contribution in [2.24, 2.45) is 0 Å². The SMILES string of the molecule is CC1(C)c2ccccc2-c2cccc(-c3ccc(Nc4ccc(-c5cccc6c5oc5c7ccccc7ccc65)cc4)cc3)c21. The highest BCUT2D eigenvalue weighted by molar-refractivity contribution is 6.17. The van der Waals surface area contributed by atoms with Crippen LogP contribution in [0.25, 0.3) is 66.1 Å². The van der Waals surface area contributed by atoms with Crippen molar-refractivity contribution in [1.29, 1.82) is 0 Å². The molecule has 0 aliphatic heterocycles. The largest absolute Gasteiger partial charge is 0.455 e. The Morgan fingerprint density at radius 3 is 1.82 bits per heavy atom. The number of nitrogens with one attached hydrogen (secondary N) is 1. The molecule has 0 bridgehead atoms. The third kappa shape index (κ3) is 3.96. The molecule has 45 heavy (non-hydrogen) atoms. The van der Waals surface area contributed by atoms with Gasteiger partial charge in [0.1, 0.15) is 11.2 Å². The molecule has 1 aromatic heterocycles. The summed E-state index contributed by atoms with van der Waals surface area (Å²) >= 11 is 0. The number of hydrogen-bond donors (Lipinski definition) is 1. The second-order valence-corrected chi connectivity index (χ2v) is 12.6. The summed E-state index contributed by atoms with van der Waals surface area (Å²) in [6.45, 7) is 4.69. The van der Waals surface area contributed by atoms with Crippen molar-refractivity contribution in [3.05, 3.63) is 157 Å². The van der Waals surface area contributed by atoms with Gasteiger partial charge in [0.15, 0.2) is 0 Å². The van der Waals surface area contributed by atoms with E-state index in [1.165, 1.54) is 38.8 Å². The number of fused-ring (bicyclic) bond motifs is 8. The Bertz CT molecular complexity index is 2410. The van der Waals surface area contributed by atoms with Gasteiger partial charge in [-0.1, -0.05) is 129 Å². The minimum absolute atomic E-state index is 0.0400. The highest BCUT2D eigenvalue weighted by atomic mass is 16.3. The van der Waals surface area contributed by atoms with Crippen LogP contribution in [0.3, 0.4) is 0 Å². The van der Waals surface area contributed by atoms with E-state index in [-0.39, 0.29) is 5.41 Å². The van der Waals surface area contributed by atoms with Gasteiger partial charge in [0.25, 0.3) is 0 Å². The molecule has 0 fully saturated rings. The highest BCUT2D eigenvalue weighted by Gasteiger charge is 2.37. The fourth-order valence-electron chi connectivity index (χ4n) is 7.47. The smallest absolute Gasteiger partial charge is 0.143 e. The monoisotopic (exact) mass is 577 g/mol. The van der Waals surface area contributed by atoms with Crippen LogP contribution in [0.15, 0.2) is 150 Å². The van der Waals surface area contributed by atoms with E-state index in [0.717, 1.165) is 49.8 Å². The van der Waals surface area contributed by atoms with E-state index in [0.29, 0.717) is 0 Å². The predicted molar refractivity (Wildman–Crippen MR) is 189 cm³/mol. The second-order valence-electron chi connectivity index (χ2n) is 12.6. The Labute approximate surface area is 262 Å². The fourth-order valence-corrected chi connectivity index (χ4v) is 7.47. The number of rotatable bonds is 4. The number of hydrogen-bond acceptors (Lipinski definition) is 2. The van der Waals surface area contributed by atoms with Crippen LogP contribution in [0.4, 0.5) is 11.4 Å². The Morgan fingerprint density at radius 1 is 0.444 bits per heavy atom. The van der Waals surface area contributed by atoms with Gasteiger partial charge in [-0.05, 0) is 74.7 Å². The van der Waals surface area contributed by atoms with Crippen molar-refractivity contribution in [2.45, 2.75) is 19.3 Å². The van der Waals surface area contributed by atoms with E-state index in [1.807, 2.05) is 0 Å². The molecule has 8 aromatic rings. The van der Waals surface area contributed by atoms with Gasteiger partial charge in [-0.2, -0.15) is 0 Å². The molecule has 0 saturated carbocycles. The Kier molecular flexibility index (Phi) is 5.58. The van der Waals surface area contributed by atoms with Gasteiger partial charge in [0.05, 0.1) is 0 Å². The Morgan fingerprint density at radius 2 is 1.02 bits per heavy atom. The first-order chi connectivity index (χ1) is 22.1. The van der Waals surface area contributed by atoms with Gasteiger partial charge >= 0.3 is 0 Å². The van der Waals surface area contributed by atoms with Gasteiger partial charge in [0, 0.05) is 38.5 Å². The van der Waals surface area contributed by atoms with Crippen LogP contribution >= 0.6 is 0 Å². The lowest BCUT2D eigenvalue weighted by Gasteiger charge is -2.24. The van der Waals surface area contributed by atoms with E-state index >= 15 is 0 Å². The zero-order chi connectivity index (χ0) is 30.1. The Hall–Kier alpha value is -5.60. The number of benzene rings is 7. The quantitative estimate of drug-likeness (QED) is 0.225. The van der Waals surface area contributed by atoms with Crippen molar-refractivity contribution in [3.8, 4) is 33.4 Å². The van der Waals surface area contributed by atoms with Crippen LogP contribution in [0.5, 0.6) is 0 Å². The molecule has 0 amide bonds. The molecular weight excluding hydrogens is 546 g/mol. The van der Waals surface area contributed by atoms with Crippen LogP contribution in [0.1, 0.15) is 25.0 Å². The molecule has 0 atom stereocenters. The molecule has 1 aliphatic carbocycles. The number of furan rings is 1. The molecule has 1 heterocycles. The second kappa shape index (κ2) is 9.70. The highest BCUT2D eigenvalue weighted by Crippen LogP contribution is 2.52. The van der Waals surface area contributed by atoms with Crippen LogP contribution in [-0.2, 0) is 5.41 Å². The molecule has 2 heteroatoms. The van der Waals surface area contributed by atoms with E-state index in [9.17, 15) is 0 Å². The molecule has 7 aromatic carbocycles. The summed E-state index contributed by atoms with van der Waals surface area (Å²) in [5, 5.41) is 8.24. The van der Waals surface area contributed by atoms with E-state index in [2.05, 4.69) is 165 Å². The van der Waals surface area contributed by atoms with Crippen LogP contribution < -0.4 is 5.32 Å². The van der Waals surface area contributed by atoms with Gasteiger partial charge in [-0.15, -0.1) is 0 Å². The molecule has 1 aliphatic rings. The summed E-state index contributed by atoms with van der Waals surface area (Å²) in [5.41, 5.74) is 14.2. The maximum atomic E-state index is 6.57. The molecule has 1 N–H and O–H groups in total. The summed E-state index contributed by atoms with van der Waals surface area (Å²) in [4.78, 5) is 0. The first-order valence-electron chi connectivity index (χ1n) is 15.6. The van der Waals surface area contributed by atoms with Crippen molar-refractivity contribution >= 4 is 44.1 Å². The lowest BCUT2D eigenvalue weighted by atomic mass is 9.79. The third-order valence-corrected chi connectivity index (χ3v) is 9.65. The topological polar surface area (TPSA) is 25.2 Å². The molecule has 0 unspecified atom stereocenters. The Balaban J connectivity index is 1.01. The summed E-state index contributed by atoms with van der Waals surface area (Å²) in [6.07, 6.45) is 0. The lowest BCUT2D eigenvalue weighted by molar-refractivity contribution is 0.662. The van der Waals surface area contributed by atoms with Crippen LogP contribution in [0.2, 0.25) is 0 Å². The zero-order valence-corrected chi connectivity index (χ0v) is 25.3. The van der Waals surface area contributed by atoms with Gasteiger partial charge in [0.2, 0.25) is 0 Å². The summed E-state index contributed by atoms with van der Waals surface area (Å²) in [6, 6.07) is 52.2.